The van der Waals surface area contributed by atoms with Crippen molar-refractivity contribution in [3.8, 4) is 0 Å². The Morgan fingerprint density at radius 1 is 1.47 bits per heavy atom. The number of carbonyl (C=O) groups is 2. The zero-order valence-corrected chi connectivity index (χ0v) is 9.38. The lowest BCUT2D eigenvalue weighted by Gasteiger charge is -2.14. The molecular formula is C10H14N4O3. The van der Waals surface area contributed by atoms with Crippen LogP contribution in [0.4, 0.5) is 5.82 Å². The molecule has 7 nitrogen and oxygen atoms in total. The van der Waals surface area contributed by atoms with E-state index in [0.717, 1.165) is 0 Å². The van der Waals surface area contributed by atoms with Gasteiger partial charge in [0.2, 0.25) is 0 Å². The number of carboxylic acids is 1. The predicted octanol–water partition coefficient (Wildman–Crippen LogP) is 0.241. The van der Waals surface area contributed by atoms with Crippen LogP contribution in [0.5, 0.6) is 0 Å². The Kier molecular flexibility index (Phi) is 4.38. The van der Waals surface area contributed by atoms with Crippen molar-refractivity contribution in [2.45, 2.75) is 25.8 Å². The number of primary amides is 1. The first-order valence-electron chi connectivity index (χ1n) is 5.14. The molecule has 0 aliphatic carbocycles. The van der Waals surface area contributed by atoms with E-state index in [1.54, 1.807) is 0 Å². The number of nitrogens with one attached hydrogen (secondary N) is 1. The molecule has 1 unspecified atom stereocenters. The van der Waals surface area contributed by atoms with Gasteiger partial charge in [-0.3, -0.25) is 9.59 Å². The molecule has 0 aromatic carbocycles. The molecule has 0 radical (unpaired) electrons. The summed E-state index contributed by atoms with van der Waals surface area (Å²) in [6.07, 6.45) is 0.640. The lowest BCUT2D eigenvalue weighted by atomic mass is 10.1. The highest BCUT2D eigenvalue weighted by Crippen LogP contribution is 2.08. The molecule has 1 atom stereocenters. The number of rotatable bonds is 6. The number of nitrogens with zero attached hydrogens (tertiary/aromatic N) is 2. The van der Waals surface area contributed by atoms with Crippen LogP contribution in [0.15, 0.2) is 12.1 Å². The second-order valence-corrected chi connectivity index (χ2v) is 3.52. The Labute approximate surface area is 98.0 Å². The van der Waals surface area contributed by atoms with Crippen LogP contribution >= 0.6 is 0 Å². The highest BCUT2D eigenvalue weighted by atomic mass is 16.4. The Balaban J connectivity index is 2.67. The van der Waals surface area contributed by atoms with Gasteiger partial charge in [-0.2, -0.15) is 0 Å². The molecule has 17 heavy (non-hydrogen) atoms. The van der Waals surface area contributed by atoms with Gasteiger partial charge in [0, 0.05) is 6.04 Å². The SMILES string of the molecule is CCC(CC(=O)O)Nc1ccc(C(N)=O)nn1. The lowest BCUT2D eigenvalue weighted by molar-refractivity contribution is -0.137. The Bertz CT molecular complexity index is 405. The van der Waals surface area contributed by atoms with Crippen molar-refractivity contribution in [2.75, 3.05) is 5.32 Å². The summed E-state index contributed by atoms with van der Waals surface area (Å²) in [5.74, 6) is -1.12. The van der Waals surface area contributed by atoms with E-state index in [2.05, 4.69) is 15.5 Å². The molecule has 1 rings (SSSR count). The summed E-state index contributed by atoms with van der Waals surface area (Å²) in [5, 5.41) is 18.9. The van der Waals surface area contributed by atoms with Crippen LogP contribution in [0.25, 0.3) is 0 Å². The number of anilines is 1. The standard InChI is InChI=1S/C10H14N4O3/c1-2-6(5-9(15)16)12-8-4-3-7(10(11)17)13-14-8/h3-4,6H,2,5H2,1H3,(H2,11,17)(H,12,14)(H,15,16). The number of hydrogen-bond acceptors (Lipinski definition) is 5. The van der Waals surface area contributed by atoms with Crippen LogP contribution in [0, 0.1) is 0 Å². The van der Waals surface area contributed by atoms with Gasteiger partial charge in [0.1, 0.15) is 5.82 Å². The topological polar surface area (TPSA) is 118 Å². The molecule has 4 N–H and O–H groups in total. The van der Waals surface area contributed by atoms with Crippen molar-refractivity contribution in [1.29, 1.82) is 0 Å². The Morgan fingerprint density at radius 2 is 2.18 bits per heavy atom. The normalized spacial score (nSPS) is 11.8. The van der Waals surface area contributed by atoms with Crippen molar-refractivity contribution in [3.63, 3.8) is 0 Å². The lowest BCUT2D eigenvalue weighted by Crippen LogP contribution is -2.23. The van der Waals surface area contributed by atoms with Crippen LogP contribution in [0.2, 0.25) is 0 Å². The van der Waals surface area contributed by atoms with Gasteiger partial charge in [-0.25, -0.2) is 0 Å². The van der Waals surface area contributed by atoms with E-state index in [1.165, 1.54) is 12.1 Å². The third kappa shape index (κ3) is 4.06. The zero-order chi connectivity index (χ0) is 12.8. The predicted molar refractivity (Wildman–Crippen MR) is 60.5 cm³/mol. The molecule has 0 aliphatic heterocycles. The van der Waals surface area contributed by atoms with Gasteiger partial charge >= 0.3 is 5.97 Å². The van der Waals surface area contributed by atoms with Gasteiger partial charge in [-0.15, -0.1) is 10.2 Å². The third-order valence-electron chi connectivity index (χ3n) is 2.18. The van der Waals surface area contributed by atoms with E-state index < -0.39 is 11.9 Å². The summed E-state index contributed by atoms with van der Waals surface area (Å²) in [4.78, 5) is 21.3. The van der Waals surface area contributed by atoms with Crippen LogP contribution in [0.3, 0.4) is 0 Å². The molecule has 0 aliphatic rings. The van der Waals surface area contributed by atoms with Crippen molar-refractivity contribution < 1.29 is 14.7 Å². The molecule has 1 aromatic heterocycles. The van der Waals surface area contributed by atoms with E-state index in [0.29, 0.717) is 12.2 Å². The zero-order valence-electron chi connectivity index (χ0n) is 9.38. The first kappa shape index (κ1) is 12.9. The van der Waals surface area contributed by atoms with Gasteiger partial charge in [0.25, 0.3) is 5.91 Å². The minimum atomic E-state index is -0.883. The van der Waals surface area contributed by atoms with Crippen LogP contribution in [0.1, 0.15) is 30.3 Å². The average Bonchev–Trinajstić information content (AvgIpc) is 2.28. The number of amides is 1. The number of aliphatic carboxylic acids is 1. The van der Waals surface area contributed by atoms with Gasteiger partial charge in [-0.05, 0) is 18.6 Å². The van der Waals surface area contributed by atoms with Gasteiger partial charge in [-0.1, -0.05) is 6.92 Å². The highest BCUT2D eigenvalue weighted by molar-refractivity contribution is 5.90. The maximum absolute atomic E-state index is 10.8. The second-order valence-electron chi connectivity index (χ2n) is 3.52. The number of hydrogen-bond donors (Lipinski definition) is 3. The first-order valence-corrected chi connectivity index (χ1v) is 5.14. The number of nitrogens with two attached hydrogens (primary N) is 1. The maximum Gasteiger partial charge on any atom is 0.305 e. The minimum Gasteiger partial charge on any atom is -0.481 e. The van der Waals surface area contributed by atoms with E-state index >= 15 is 0 Å². The summed E-state index contributed by atoms with van der Waals surface area (Å²) in [5.41, 5.74) is 5.09. The number of carboxylic acid groups (broad SMARTS) is 1. The molecular weight excluding hydrogens is 224 g/mol. The molecule has 0 saturated heterocycles. The molecule has 0 saturated carbocycles. The van der Waals surface area contributed by atoms with Gasteiger partial charge in [0.15, 0.2) is 5.69 Å². The van der Waals surface area contributed by atoms with Gasteiger partial charge < -0.3 is 16.2 Å². The molecule has 0 spiro atoms. The molecule has 0 bridgehead atoms. The summed E-state index contributed by atoms with van der Waals surface area (Å²) in [6, 6.07) is 2.75. The second kappa shape index (κ2) is 5.78. The summed E-state index contributed by atoms with van der Waals surface area (Å²) in [7, 11) is 0. The number of carbonyl (C=O) groups excluding carboxylic acids is 1. The Hall–Kier alpha value is -2.18. The van der Waals surface area contributed by atoms with Crippen molar-refractivity contribution in [3.05, 3.63) is 17.8 Å². The smallest absolute Gasteiger partial charge is 0.305 e. The molecule has 1 amide bonds. The fraction of sp³-hybridized carbons (Fsp3) is 0.400. The van der Waals surface area contributed by atoms with Crippen LogP contribution in [-0.4, -0.2) is 33.2 Å². The number of aromatic nitrogens is 2. The largest absolute Gasteiger partial charge is 0.481 e. The van der Waals surface area contributed by atoms with E-state index in [9.17, 15) is 9.59 Å². The summed E-state index contributed by atoms with van der Waals surface area (Å²) < 4.78 is 0. The van der Waals surface area contributed by atoms with Crippen LogP contribution < -0.4 is 11.1 Å². The van der Waals surface area contributed by atoms with E-state index in [4.69, 9.17) is 10.8 Å². The van der Waals surface area contributed by atoms with Crippen molar-refractivity contribution >= 4 is 17.7 Å². The molecule has 1 aromatic rings. The average molecular weight is 238 g/mol. The Morgan fingerprint density at radius 3 is 2.59 bits per heavy atom. The molecule has 1 heterocycles. The maximum atomic E-state index is 10.8. The fourth-order valence-corrected chi connectivity index (χ4v) is 1.26. The first-order chi connectivity index (χ1) is 8.02. The van der Waals surface area contributed by atoms with Crippen molar-refractivity contribution in [2.24, 2.45) is 5.73 Å². The van der Waals surface area contributed by atoms with Crippen LogP contribution in [-0.2, 0) is 4.79 Å². The van der Waals surface area contributed by atoms with E-state index in [1.807, 2.05) is 6.92 Å². The fourth-order valence-electron chi connectivity index (χ4n) is 1.26. The monoisotopic (exact) mass is 238 g/mol. The molecule has 0 fully saturated rings. The van der Waals surface area contributed by atoms with Crippen molar-refractivity contribution in [1.82, 2.24) is 10.2 Å². The van der Waals surface area contributed by atoms with E-state index in [-0.39, 0.29) is 18.2 Å². The summed E-state index contributed by atoms with van der Waals surface area (Å²) >= 11 is 0. The highest BCUT2D eigenvalue weighted by Gasteiger charge is 2.12. The minimum absolute atomic E-state index is 0.00422. The summed E-state index contributed by atoms with van der Waals surface area (Å²) in [6.45, 7) is 1.87. The quantitative estimate of drug-likeness (QED) is 0.653. The third-order valence-corrected chi connectivity index (χ3v) is 2.18. The molecule has 92 valence electrons. The molecule has 7 heteroatoms. The van der Waals surface area contributed by atoms with Gasteiger partial charge in [0.05, 0.1) is 6.42 Å².